The molecule has 1 aromatic carbocycles. The van der Waals surface area contributed by atoms with Gasteiger partial charge >= 0.3 is 0 Å². The summed E-state index contributed by atoms with van der Waals surface area (Å²) < 4.78 is 0. The number of hydrogen-bond acceptors (Lipinski definition) is 3. The van der Waals surface area contributed by atoms with Crippen molar-refractivity contribution in [1.29, 1.82) is 0 Å². The number of nitrogens with zero attached hydrogens (tertiary/aromatic N) is 1. The third-order valence-corrected chi connectivity index (χ3v) is 4.03. The Morgan fingerprint density at radius 2 is 2.21 bits per heavy atom. The van der Waals surface area contributed by atoms with Crippen molar-refractivity contribution in [2.45, 2.75) is 38.3 Å². The minimum absolute atomic E-state index is 0.241. The van der Waals surface area contributed by atoms with Crippen molar-refractivity contribution in [2.75, 3.05) is 25.1 Å². The van der Waals surface area contributed by atoms with Crippen molar-refractivity contribution >= 4 is 17.3 Å². The predicted octanol–water partition coefficient (Wildman–Crippen LogP) is 2.80. The van der Waals surface area contributed by atoms with Crippen LogP contribution in [0.5, 0.6) is 0 Å². The van der Waals surface area contributed by atoms with Gasteiger partial charge in [0.15, 0.2) is 0 Å². The number of aliphatic hydroxyl groups is 1. The molecule has 1 aliphatic rings. The molecule has 3 nitrogen and oxygen atoms in total. The standard InChI is InChI=1S/C15H23ClN2O/c1-17-11-12-6-7-13(16)10-15(12)18(8-3-9-19)14-4-2-5-14/h6-7,10,14,17,19H,2-5,8-9,11H2,1H3. The van der Waals surface area contributed by atoms with Gasteiger partial charge in [0.25, 0.3) is 0 Å². The van der Waals surface area contributed by atoms with Crippen LogP contribution < -0.4 is 10.2 Å². The van der Waals surface area contributed by atoms with Crippen LogP contribution in [0, 0.1) is 0 Å². The summed E-state index contributed by atoms with van der Waals surface area (Å²) in [6, 6.07) is 6.71. The number of rotatable bonds is 7. The van der Waals surface area contributed by atoms with E-state index in [-0.39, 0.29) is 6.61 Å². The minimum Gasteiger partial charge on any atom is -0.396 e. The van der Waals surface area contributed by atoms with Crippen molar-refractivity contribution in [3.8, 4) is 0 Å². The Bertz CT molecular complexity index is 407. The minimum atomic E-state index is 0.241. The largest absolute Gasteiger partial charge is 0.396 e. The first-order valence-electron chi connectivity index (χ1n) is 7.06. The van der Waals surface area contributed by atoms with E-state index in [2.05, 4.69) is 22.3 Å². The Morgan fingerprint density at radius 1 is 1.42 bits per heavy atom. The first-order valence-corrected chi connectivity index (χ1v) is 7.44. The quantitative estimate of drug-likeness (QED) is 0.807. The highest BCUT2D eigenvalue weighted by Gasteiger charge is 2.26. The molecule has 0 unspecified atom stereocenters. The van der Waals surface area contributed by atoms with Crippen LogP contribution in [-0.2, 0) is 6.54 Å². The Hall–Kier alpha value is -0.770. The monoisotopic (exact) mass is 282 g/mol. The molecule has 0 atom stereocenters. The molecule has 0 spiro atoms. The summed E-state index contributed by atoms with van der Waals surface area (Å²) >= 11 is 6.16. The molecule has 4 heteroatoms. The van der Waals surface area contributed by atoms with E-state index in [0.29, 0.717) is 6.04 Å². The van der Waals surface area contributed by atoms with Gasteiger partial charge in [0.2, 0.25) is 0 Å². The molecule has 2 rings (SSSR count). The Kier molecular flexibility index (Phi) is 5.49. The smallest absolute Gasteiger partial charge is 0.0447 e. The van der Waals surface area contributed by atoms with E-state index in [4.69, 9.17) is 16.7 Å². The molecular weight excluding hydrogens is 260 g/mol. The fourth-order valence-electron chi connectivity index (χ4n) is 2.58. The van der Waals surface area contributed by atoms with Crippen LogP contribution in [0.15, 0.2) is 18.2 Å². The maximum Gasteiger partial charge on any atom is 0.0447 e. The van der Waals surface area contributed by atoms with E-state index in [0.717, 1.165) is 24.5 Å². The molecule has 1 saturated carbocycles. The van der Waals surface area contributed by atoms with E-state index in [1.807, 2.05) is 13.1 Å². The van der Waals surface area contributed by atoms with Crippen molar-refractivity contribution in [2.24, 2.45) is 0 Å². The average molecular weight is 283 g/mol. The van der Waals surface area contributed by atoms with Crippen molar-refractivity contribution < 1.29 is 5.11 Å². The molecule has 1 fully saturated rings. The summed E-state index contributed by atoms with van der Waals surface area (Å²) in [6.07, 6.45) is 4.61. The SMILES string of the molecule is CNCc1ccc(Cl)cc1N(CCCO)C1CCC1. The molecular formula is C15H23ClN2O. The molecule has 1 aliphatic carbocycles. The lowest BCUT2D eigenvalue weighted by molar-refractivity contribution is 0.283. The predicted molar refractivity (Wildman–Crippen MR) is 80.9 cm³/mol. The average Bonchev–Trinajstić information content (AvgIpc) is 2.34. The molecule has 0 aromatic heterocycles. The second kappa shape index (κ2) is 7.13. The Balaban J connectivity index is 2.24. The van der Waals surface area contributed by atoms with Crippen LogP contribution in [0.4, 0.5) is 5.69 Å². The zero-order chi connectivity index (χ0) is 13.7. The van der Waals surface area contributed by atoms with Crippen molar-refractivity contribution in [3.63, 3.8) is 0 Å². The summed E-state index contributed by atoms with van der Waals surface area (Å²) in [4.78, 5) is 2.43. The van der Waals surface area contributed by atoms with Crippen LogP contribution in [0.3, 0.4) is 0 Å². The van der Waals surface area contributed by atoms with E-state index in [1.165, 1.54) is 30.5 Å². The lowest BCUT2D eigenvalue weighted by atomic mass is 9.90. The third-order valence-electron chi connectivity index (χ3n) is 3.80. The summed E-state index contributed by atoms with van der Waals surface area (Å²) in [5.41, 5.74) is 2.50. The zero-order valence-electron chi connectivity index (χ0n) is 11.5. The second-order valence-corrected chi connectivity index (χ2v) is 5.60. The summed E-state index contributed by atoms with van der Waals surface area (Å²) in [5.74, 6) is 0. The summed E-state index contributed by atoms with van der Waals surface area (Å²) in [7, 11) is 1.96. The molecule has 106 valence electrons. The van der Waals surface area contributed by atoms with Gasteiger partial charge in [-0.2, -0.15) is 0 Å². The third kappa shape index (κ3) is 3.62. The normalized spacial score (nSPS) is 15.3. The molecule has 1 aromatic rings. The zero-order valence-corrected chi connectivity index (χ0v) is 12.3. The Morgan fingerprint density at radius 3 is 2.79 bits per heavy atom. The molecule has 0 heterocycles. The summed E-state index contributed by atoms with van der Waals surface area (Å²) in [5, 5.41) is 13.1. The van der Waals surface area contributed by atoms with Gasteiger partial charge in [0, 0.05) is 36.4 Å². The van der Waals surface area contributed by atoms with Gasteiger partial charge in [-0.3, -0.25) is 0 Å². The van der Waals surface area contributed by atoms with Crippen molar-refractivity contribution in [3.05, 3.63) is 28.8 Å². The van der Waals surface area contributed by atoms with Gasteiger partial charge < -0.3 is 15.3 Å². The fourth-order valence-corrected chi connectivity index (χ4v) is 2.75. The number of benzene rings is 1. The van der Waals surface area contributed by atoms with E-state index >= 15 is 0 Å². The van der Waals surface area contributed by atoms with Gasteiger partial charge in [0.05, 0.1) is 0 Å². The fraction of sp³-hybridized carbons (Fsp3) is 0.600. The Labute approximate surface area is 120 Å². The van der Waals surface area contributed by atoms with Gasteiger partial charge in [-0.1, -0.05) is 17.7 Å². The van der Waals surface area contributed by atoms with Gasteiger partial charge in [-0.15, -0.1) is 0 Å². The number of anilines is 1. The number of hydrogen-bond donors (Lipinski definition) is 2. The van der Waals surface area contributed by atoms with E-state index in [9.17, 15) is 0 Å². The molecule has 19 heavy (non-hydrogen) atoms. The molecule has 0 aliphatic heterocycles. The van der Waals surface area contributed by atoms with Gasteiger partial charge in [-0.25, -0.2) is 0 Å². The number of nitrogens with one attached hydrogen (secondary N) is 1. The molecule has 0 bridgehead atoms. The maximum atomic E-state index is 9.10. The highest BCUT2D eigenvalue weighted by atomic mass is 35.5. The highest BCUT2D eigenvalue weighted by Crippen LogP contribution is 2.33. The lowest BCUT2D eigenvalue weighted by Gasteiger charge is -2.40. The van der Waals surface area contributed by atoms with Crippen LogP contribution in [0.1, 0.15) is 31.2 Å². The van der Waals surface area contributed by atoms with Crippen LogP contribution in [0.25, 0.3) is 0 Å². The first-order chi connectivity index (χ1) is 9.26. The molecule has 0 radical (unpaired) electrons. The van der Waals surface area contributed by atoms with E-state index < -0.39 is 0 Å². The second-order valence-electron chi connectivity index (χ2n) is 5.16. The lowest BCUT2D eigenvalue weighted by Crippen LogP contribution is -2.41. The topological polar surface area (TPSA) is 35.5 Å². The van der Waals surface area contributed by atoms with E-state index in [1.54, 1.807) is 0 Å². The highest BCUT2D eigenvalue weighted by molar-refractivity contribution is 6.30. The first kappa shape index (κ1) is 14.6. The number of aliphatic hydroxyl groups excluding tert-OH is 1. The molecule has 2 N–H and O–H groups in total. The molecule has 0 amide bonds. The van der Waals surface area contributed by atoms with Gasteiger partial charge in [-0.05, 0) is 50.4 Å². The number of halogens is 1. The van der Waals surface area contributed by atoms with Crippen LogP contribution in [-0.4, -0.2) is 31.3 Å². The van der Waals surface area contributed by atoms with Gasteiger partial charge in [0.1, 0.15) is 0 Å². The van der Waals surface area contributed by atoms with Crippen LogP contribution >= 0.6 is 11.6 Å². The van der Waals surface area contributed by atoms with Crippen molar-refractivity contribution in [1.82, 2.24) is 5.32 Å². The summed E-state index contributed by atoms with van der Waals surface area (Å²) in [6.45, 7) is 1.98. The molecule has 0 saturated heterocycles. The maximum absolute atomic E-state index is 9.10. The van der Waals surface area contributed by atoms with Crippen LogP contribution in [0.2, 0.25) is 5.02 Å².